The standard InChI is InChI=1S/C18H18N2O3S/c1-10-2-4-12-13(9-24-16(12)6-10)18(22)19-11-3-5-15-14(7-11)20-17(21)8-23-15/h3,5,7,9-10H,2,4,6,8H2,1H3,(H,19,22)(H,20,21). The van der Waals surface area contributed by atoms with Gasteiger partial charge in [0.1, 0.15) is 5.75 Å². The number of nitrogens with one attached hydrogen (secondary N) is 2. The van der Waals surface area contributed by atoms with Crippen molar-refractivity contribution in [1.29, 1.82) is 0 Å². The van der Waals surface area contributed by atoms with Crippen LogP contribution in [0, 0.1) is 5.92 Å². The third kappa shape index (κ3) is 2.78. The lowest BCUT2D eigenvalue weighted by atomic mass is 9.88. The van der Waals surface area contributed by atoms with Crippen molar-refractivity contribution in [1.82, 2.24) is 0 Å². The van der Waals surface area contributed by atoms with Crippen LogP contribution in [0.5, 0.6) is 5.75 Å². The fourth-order valence-electron chi connectivity index (χ4n) is 3.23. The van der Waals surface area contributed by atoms with Crippen molar-refractivity contribution in [2.75, 3.05) is 17.2 Å². The Morgan fingerprint density at radius 2 is 2.29 bits per heavy atom. The molecule has 2 aromatic rings. The third-order valence-electron chi connectivity index (χ3n) is 4.52. The molecule has 2 aliphatic rings. The molecule has 0 spiro atoms. The number of thiophene rings is 1. The largest absolute Gasteiger partial charge is 0.482 e. The van der Waals surface area contributed by atoms with Gasteiger partial charge in [-0.25, -0.2) is 0 Å². The zero-order valence-electron chi connectivity index (χ0n) is 13.3. The summed E-state index contributed by atoms with van der Waals surface area (Å²) in [6.07, 6.45) is 3.17. The molecule has 0 bridgehead atoms. The maximum absolute atomic E-state index is 12.6. The van der Waals surface area contributed by atoms with Gasteiger partial charge in [0.2, 0.25) is 0 Å². The van der Waals surface area contributed by atoms with Crippen molar-refractivity contribution in [2.24, 2.45) is 5.92 Å². The summed E-state index contributed by atoms with van der Waals surface area (Å²) in [6.45, 7) is 2.28. The molecular formula is C18H18N2O3S. The van der Waals surface area contributed by atoms with Gasteiger partial charge in [0.15, 0.2) is 6.61 Å². The van der Waals surface area contributed by atoms with Crippen LogP contribution in [0.4, 0.5) is 11.4 Å². The molecule has 2 heterocycles. The Hall–Kier alpha value is -2.34. The van der Waals surface area contributed by atoms with Crippen LogP contribution in [0.25, 0.3) is 0 Å². The summed E-state index contributed by atoms with van der Waals surface area (Å²) in [6, 6.07) is 5.27. The SMILES string of the molecule is CC1CCc2c(C(=O)Nc3ccc4c(c3)NC(=O)CO4)csc2C1. The van der Waals surface area contributed by atoms with Gasteiger partial charge in [-0.2, -0.15) is 0 Å². The zero-order chi connectivity index (χ0) is 16.7. The van der Waals surface area contributed by atoms with Gasteiger partial charge >= 0.3 is 0 Å². The van der Waals surface area contributed by atoms with Crippen LogP contribution in [0.15, 0.2) is 23.6 Å². The molecule has 1 aromatic carbocycles. The molecule has 2 N–H and O–H groups in total. The van der Waals surface area contributed by atoms with Crippen LogP contribution < -0.4 is 15.4 Å². The number of carbonyl (C=O) groups is 2. The van der Waals surface area contributed by atoms with Gasteiger partial charge in [-0.15, -0.1) is 11.3 Å². The fraction of sp³-hybridized carbons (Fsp3) is 0.333. The van der Waals surface area contributed by atoms with Crippen molar-refractivity contribution >= 4 is 34.5 Å². The van der Waals surface area contributed by atoms with E-state index in [1.54, 1.807) is 29.5 Å². The van der Waals surface area contributed by atoms with Crippen molar-refractivity contribution in [3.8, 4) is 5.75 Å². The molecule has 1 atom stereocenters. The molecule has 0 saturated carbocycles. The Kier molecular flexibility index (Phi) is 3.76. The number of amides is 2. The molecule has 0 saturated heterocycles. The van der Waals surface area contributed by atoms with Gasteiger partial charge in [-0.3, -0.25) is 9.59 Å². The van der Waals surface area contributed by atoms with Gasteiger partial charge in [-0.1, -0.05) is 6.92 Å². The lowest BCUT2D eigenvalue weighted by Crippen LogP contribution is -2.25. The summed E-state index contributed by atoms with van der Waals surface area (Å²) in [5, 5.41) is 7.64. The average Bonchev–Trinajstić information content (AvgIpc) is 2.97. The minimum atomic E-state index is -0.188. The van der Waals surface area contributed by atoms with Crippen LogP contribution in [0.3, 0.4) is 0 Å². The van der Waals surface area contributed by atoms with E-state index in [0.29, 0.717) is 23.0 Å². The van der Waals surface area contributed by atoms with E-state index in [1.165, 1.54) is 10.4 Å². The van der Waals surface area contributed by atoms with Crippen LogP contribution in [-0.2, 0) is 17.6 Å². The second-order valence-corrected chi connectivity index (χ2v) is 7.37. The van der Waals surface area contributed by atoms with E-state index in [9.17, 15) is 9.59 Å². The molecule has 5 nitrogen and oxygen atoms in total. The minimum absolute atomic E-state index is 0.0260. The maximum Gasteiger partial charge on any atom is 0.262 e. The summed E-state index contributed by atoms with van der Waals surface area (Å²) >= 11 is 1.68. The van der Waals surface area contributed by atoms with E-state index in [-0.39, 0.29) is 18.4 Å². The maximum atomic E-state index is 12.6. The molecule has 1 aliphatic carbocycles. The first-order valence-electron chi connectivity index (χ1n) is 8.07. The van der Waals surface area contributed by atoms with Crippen LogP contribution >= 0.6 is 11.3 Å². The highest BCUT2D eigenvalue weighted by Gasteiger charge is 2.23. The lowest BCUT2D eigenvalue weighted by Gasteiger charge is -2.20. The number of hydrogen-bond acceptors (Lipinski definition) is 4. The number of ether oxygens (including phenoxy) is 1. The molecule has 0 radical (unpaired) electrons. The van der Waals surface area contributed by atoms with Crippen molar-refractivity contribution < 1.29 is 14.3 Å². The Labute approximate surface area is 144 Å². The Morgan fingerprint density at radius 1 is 1.42 bits per heavy atom. The van der Waals surface area contributed by atoms with Gasteiger partial charge < -0.3 is 15.4 Å². The first-order chi connectivity index (χ1) is 11.6. The highest BCUT2D eigenvalue weighted by atomic mass is 32.1. The quantitative estimate of drug-likeness (QED) is 0.878. The molecule has 124 valence electrons. The fourth-order valence-corrected chi connectivity index (χ4v) is 4.47. The molecule has 2 amide bonds. The number of hydrogen-bond donors (Lipinski definition) is 2. The monoisotopic (exact) mass is 342 g/mol. The Bertz CT molecular complexity index is 828. The summed E-state index contributed by atoms with van der Waals surface area (Å²) in [7, 11) is 0. The smallest absolute Gasteiger partial charge is 0.262 e. The van der Waals surface area contributed by atoms with Gasteiger partial charge in [0.25, 0.3) is 11.8 Å². The summed E-state index contributed by atoms with van der Waals surface area (Å²) in [4.78, 5) is 25.4. The molecule has 1 aliphatic heterocycles. The van der Waals surface area contributed by atoms with Gasteiger partial charge in [-0.05, 0) is 48.9 Å². The first kappa shape index (κ1) is 15.2. The summed E-state index contributed by atoms with van der Waals surface area (Å²) < 4.78 is 5.33. The van der Waals surface area contributed by atoms with E-state index in [1.807, 2.05) is 5.38 Å². The number of anilines is 2. The second-order valence-electron chi connectivity index (χ2n) is 6.40. The summed E-state index contributed by atoms with van der Waals surface area (Å²) in [5.74, 6) is 1.03. The highest BCUT2D eigenvalue weighted by molar-refractivity contribution is 7.10. The van der Waals surface area contributed by atoms with Gasteiger partial charge in [0, 0.05) is 15.9 Å². The average molecular weight is 342 g/mol. The van der Waals surface area contributed by atoms with Crippen LogP contribution in [-0.4, -0.2) is 18.4 Å². The molecule has 24 heavy (non-hydrogen) atoms. The van der Waals surface area contributed by atoms with Crippen molar-refractivity contribution in [3.63, 3.8) is 0 Å². The summed E-state index contributed by atoms with van der Waals surface area (Å²) in [5.41, 5.74) is 3.21. The predicted octanol–water partition coefficient (Wildman–Crippen LogP) is 3.46. The van der Waals surface area contributed by atoms with E-state index >= 15 is 0 Å². The number of rotatable bonds is 2. The topological polar surface area (TPSA) is 67.4 Å². The molecular weight excluding hydrogens is 324 g/mol. The molecule has 6 heteroatoms. The minimum Gasteiger partial charge on any atom is -0.482 e. The molecule has 1 unspecified atom stereocenters. The lowest BCUT2D eigenvalue weighted by molar-refractivity contribution is -0.118. The highest BCUT2D eigenvalue weighted by Crippen LogP contribution is 2.34. The number of carbonyl (C=O) groups excluding carboxylic acids is 2. The third-order valence-corrected chi connectivity index (χ3v) is 5.57. The molecule has 0 fully saturated rings. The van der Waals surface area contributed by atoms with Crippen molar-refractivity contribution in [3.05, 3.63) is 39.6 Å². The van der Waals surface area contributed by atoms with E-state index in [2.05, 4.69) is 17.6 Å². The second kappa shape index (κ2) is 5.94. The van der Waals surface area contributed by atoms with Crippen LogP contribution in [0.1, 0.15) is 34.1 Å². The zero-order valence-corrected chi connectivity index (χ0v) is 14.2. The van der Waals surface area contributed by atoms with Crippen LogP contribution in [0.2, 0.25) is 0 Å². The van der Waals surface area contributed by atoms with Gasteiger partial charge in [0.05, 0.1) is 11.3 Å². The van der Waals surface area contributed by atoms with E-state index in [0.717, 1.165) is 24.8 Å². The Balaban J connectivity index is 1.55. The first-order valence-corrected chi connectivity index (χ1v) is 8.95. The molecule has 1 aromatic heterocycles. The Morgan fingerprint density at radius 3 is 3.17 bits per heavy atom. The predicted molar refractivity (Wildman–Crippen MR) is 94.0 cm³/mol. The number of fused-ring (bicyclic) bond motifs is 2. The van der Waals surface area contributed by atoms with Crippen molar-refractivity contribution in [2.45, 2.75) is 26.2 Å². The molecule has 4 rings (SSSR count). The number of benzene rings is 1. The van der Waals surface area contributed by atoms with E-state index < -0.39 is 0 Å². The van der Waals surface area contributed by atoms with E-state index in [4.69, 9.17) is 4.74 Å². The normalized spacial score (nSPS) is 18.9.